The Balaban J connectivity index is 2.09. The van der Waals surface area contributed by atoms with E-state index in [-0.39, 0.29) is 17.6 Å². The molecule has 0 aromatic rings. The lowest BCUT2D eigenvalue weighted by Gasteiger charge is -2.53. The van der Waals surface area contributed by atoms with E-state index in [0.29, 0.717) is 12.0 Å². The van der Waals surface area contributed by atoms with Crippen LogP contribution in [-0.2, 0) is 9.53 Å². The van der Waals surface area contributed by atoms with Crippen molar-refractivity contribution in [3.63, 3.8) is 0 Å². The Hall–Kier alpha value is -1.81. The standard InChI is InChI=1S/C22H30O4/c1-5-6-7-8-15-12-18(23)19-16-11-14(2)9-10-17(16)21(3,4)26-22(19,13-15)20(24)25/h9-12,16-17,23H,5-8,13H2,1-4H3,(H,24,25). The SMILES string of the molecule is CCCCCC1=CC(O)=C2C3C=C(C)C=CC3C(C)(C)OC2(C(=O)O)C1. The Bertz CT molecular complexity index is 722. The van der Waals surface area contributed by atoms with Gasteiger partial charge in [0.15, 0.2) is 5.60 Å². The van der Waals surface area contributed by atoms with Gasteiger partial charge in [-0.05, 0) is 39.7 Å². The molecule has 2 aliphatic carbocycles. The average Bonchev–Trinajstić information content (AvgIpc) is 2.53. The Morgan fingerprint density at radius 3 is 2.73 bits per heavy atom. The Morgan fingerprint density at radius 2 is 2.08 bits per heavy atom. The summed E-state index contributed by atoms with van der Waals surface area (Å²) < 4.78 is 6.30. The van der Waals surface area contributed by atoms with E-state index in [1.54, 1.807) is 6.08 Å². The van der Waals surface area contributed by atoms with Crippen molar-refractivity contribution in [2.75, 3.05) is 0 Å². The zero-order valence-electron chi connectivity index (χ0n) is 16.2. The molecule has 4 nitrogen and oxygen atoms in total. The zero-order valence-corrected chi connectivity index (χ0v) is 16.2. The van der Waals surface area contributed by atoms with Gasteiger partial charge < -0.3 is 14.9 Å². The molecule has 3 aliphatic rings. The summed E-state index contributed by atoms with van der Waals surface area (Å²) in [5.74, 6) is -1.08. The second-order valence-electron chi connectivity index (χ2n) is 8.39. The number of aliphatic hydroxyl groups excluding tert-OH is 1. The van der Waals surface area contributed by atoms with E-state index in [2.05, 4.69) is 19.1 Å². The van der Waals surface area contributed by atoms with Crippen LogP contribution >= 0.6 is 0 Å². The minimum atomic E-state index is -1.48. The van der Waals surface area contributed by atoms with Gasteiger partial charge in [-0.25, -0.2) is 4.79 Å². The topological polar surface area (TPSA) is 66.8 Å². The Labute approximate surface area is 155 Å². The number of ether oxygens (including phenoxy) is 1. The molecule has 2 N–H and O–H groups in total. The minimum absolute atomic E-state index is 0.00543. The number of aliphatic hydroxyl groups is 1. The molecule has 0 aromatic carbocycles. The van der Waals surface area contributed by atoms with Gasteiger partial charge in [-0.1, -0.05) is 49.1 Å². The number of unbranched alkanes of at least 4 members (excludes halogenated alkanes) is 2. The number of carboxylic acids is 1. The fourth-order valence-corrected chi connectivity index (χ4v) is 4.73. The third-order valence-corrected chi connectivity index (χ3v) is 5.94. The van der Waals surface area contributed by atoms with Crippen molar-refractivity contribution < 1.29 is 19.7 Å². The number of fused-ring (bicyclic) bond motifs is 3. The Morgan fingerprint density at radius 1 is 1.35 bits per heavy atom. The molecule has 0 aromatic heterocycles. The molecule has 1 aliphatic heterocycles. The molecule has 1 saturated heterocycles. The number of hydrogen-bond acceptors (Lipinski definition) is 3. The van der Waals surface area contributed by atoms with E-state index in [1.165, 1.54) is 0 Å². The maximum absolute atomic E-state index is 12.4. The smallest absolute Gasteiger partial charge is 0.340 e. The van der Waals surface area contributed by atoms with Gasteiger partial charge in [0, 0.05) is 23.8 Å². The first-order valence-electron chi connectivity index (χ1n) is 9.64. The molecule has 0 saturated carbocycles. The molecular formula is C22H30O4. The number of allylic oxidation sites excluding steroid dienone is 4. The van der Waals surface area contributed by atoms with Crippen molar-refractivity contribution in [2.24, 2.45) is 11.8 Å². The highest BCUT2D eigenvalue weighted by Gasteiger charge is 2.59. The first-order valence-corrected chi connectivity index (χ1v) is 9.64. The van der Waals surface area contributed by atoms with E-state index in [1.807, 2.05) is 26.8 Å². The summed E-state index contributed by atoms with van der Waals surface area (Å²) >= 11 is 0. The maximum atomic E-state index is 12.4. The average molecular weight is 358 g/mol. The first kappa shape index (κ1) is 19.0. The van der Waals surface area contributed by atoms with E-state index < -0.39 is 17.2 Å². The number of aliphatic carboxylic acids is 1. The van der Waals surface area contributed by atoms with Gasteiger partial charge in [0.2, 0.25) is 0 Å². The highest BCUT2D eigenvalue weighted by atomic mass is 16.5. The molecule has 4 heteroatoms. The molecule has 3 rings (SSSR count). The van der Waals surface area contributed by atoms with Crippen LogP contribution in [-0.4, -0.2) is 27.4 Å². The second-order valence-corrected chi connectivity index (χ2v) is 8.39. The van der Waals surface area contributed by atoms with Gasteiger partial charge in [0.25, 0.3) is 0 Å². The van der Waals surface area contributed by atoms with Crippen LogP contribution in [0.15, 0.2) is 46.8 Å². The lowest BCUT2D eigenvalue weighted by atomic mass is 9.62. The molecule has 1 heterocycles. The highest BCUT2D eigenvalue weighted by Crippen LogP contribution is 2.54. The van der Waals surface area contributed by atoms with Crippen LogP contribution in [0.1, 0.15) is 59.8 Å². The predicted octanol–water partition coefficient (Wildman–Crippen LogP) is 5.09. The fraction of sp³-hybridized carbons (Fsp3) is 0.591. The molecule has 1 fully saturated rings. The van der Waals surface area contributed by atoms with E-state index in [4.69, 9.17) is 4.74 Å². The van der Waals surface area contributed by atoms with E-state index in [0.717, 1.165) is 36.8 Å². The van der Waals surface area contributed by atoms with Crippen LogP contribution < -0.4 is 0 Å². The monoisotopic (exact) mass is 358 g/mol. The maximum Gasteiger partial charge on any atom is 0.340 e. The molecule has 3 unspecified atom stereocenters. The molecule has 142 valence electrons. The van der Waals surface area contributed by atoms with Crippen LogP contribution in [0, 0.1) is 11.8 Å². The van der Waals surface area contributed by atoms with Crippen LogP contribution in [0.3, 0.4) is 0 Å². The predicted molar refractivity (Wildman–Crippen MR) is 102 cm³/mol. The van der Waals surface area contributed by atoms with Crippen LogP contribution in [0.2, 0.25) is 0 Å². The van der Waals surface area contributed by atoms with Crippen LogP contribution in [0.25, 0.3) is 0 Å². The van der Waals surface area contributed by atoms with Gasteiger partial charge >= 0.3 is 5.97 Å². The number of carbonyl (C=O) groups is 1. The van der Waals surface area contributed by atoms with Crippen molar-refractivity contribution in [1.29, 1.82) is 0 Å². The molecule has 0 radical (unpaired) electrons. The lowest BCUT2D eigenvalue weighted by Crippen LogP contribution is -2.60. The number of rotatable bonds is 5. The van der Waals surface area contributed by atoms with Gasteiger partial charge in [0.1, 0.15) is 5.76 Å². The second kappa shape index (κ2) is 6.73. The molecule has 0 amide bonds. The number of carboxylic acid groups (broad SMARTS) is 1. The minimum Gasteiger partial charge on any atom is -0.508 e. The van der Waals surface area contributed by atoms with Gasteiger partial charge in [0.05, 0.1) is 5.60 Å². The van der Waals surface area contributed by atoms with E-state index >= 15 is 0 Å². The molecule has 3 atom stereocenters. The van der Waals surface area contributed by atoms with Crippen LogP contribution in [0.4, 0.5) is 0 Å². The molecule has 0 bridgehead atoms. The first-order chi connectivity index (χ1) is 12.2. The summed E-state index contributed by atoms with van der Waals surface area (Å²) in [5.41, 5.74) is 0.446. The summed E-state index contributed by atoms with van der Waals surface area (Å²) in [6.45, 7) is 8.06. The molecule has 26 heavy (non-hydrogen) atoms. The normalized spacial score (nSPS) is 32.5. The summed E-state index contributed by atoms with van der Waals surface area (Å²) in [4.78, 5) is 12.4. The summed E-state index contributed by atoms with van der Waals surface area (Å²) in [5, 5.41) is 21.0. The van der Waals surface area contributed by atoms with Gasteiger partial charge in [-0.15, -0.1) is 0 Å². The highest BCUT2D eigenvalue weighted by molar-refractivity contribution is 5.84. The Kier molecular flexibility index (Phi) is 4.91. The molecular weight excluding hydrogens is 328 g/mol. The number of hydrogen-bond donors (Lipinski definition) is 2. The third-order valence-electron chi connectivity index (χ3n) is 5.94. The third kappa shape index (κ3) is 3.05. The summed E-state index contributed by atoms with van der Waals surface area (Å²) in [6, 6.07) is 0. The van der Waals surface area contributed by atoms with Crippen molar-refractivity contribution in [1.82, 2.24) is 0 Å². The van der Waals surface area contributed by atoms with Crippen molar-refractivity contribution in [3.8, 4) is 0 Å². The van der Waals surface area contributed by atoms with Crippen LogP contribution in [0.5, 0.6) is 0 Å². The zero-order chi connectivity index (χ0) is 19.1. The van der Waals surface area contributed by atoms with Crippen molar-refractivity contribution in [3.05, 3.63) is 46.8 Å². The van der Waals surface area contributed by atoms with Crippen molar-refractivity contribution in [2.45, 2.75) is 71.0 Å². The quantitative estimate of drug-likeness (QED) is 0.672. The van der Waals surface area contributed by atoms with Gasteiger partial charge in [-0.2, -0.15) is 0 Å². The molecule has 0 spiro atoms. The lowest BCUT2D eigenvalue weighted by molar-refractivity contribution is -0.201. The fourth-order valence-electron chi connectivity index (χ4n) is 4.73. The summed E-state index contributed by atoms with van der Waals surface area (Å²) in [7, 11) is 0. The summed E-state index contributed by atoms with van der Waals surface area (Å²) in [6.07, 6.45) is 12.3. The van der Waals surface area contributed by atoms with Gasteiger partial charge in [-0.3, -0.25) is 0 Å². The van der Waals surface area contributed by atoms with E-state index in [9.17, 15) is 15.0 Å². The largest absolute Gasteiger partial charge is 0.508 e. The van der Waals surface area contributed by atoms with Crippen molar-refractivity contribution >= 4 is 5.97 Å².